The van der Waals surface area contributed by atoms with Gasteiger partial charge in [0, 0.05) is 18.6 Å². The lowest BCUT2D eigenvalue weighted by molar-refractivity contribution is 0.550. The summed E-state index contributed by atoms with van der Waals surface area (Å²) in [7, 11) is -3.24. The predicted octanol–water partition coefficient (Wildman–Crippen LogP) is 2.91. The molecular weight excluding hydrogens is 234 g/mol. The third-order valence-corrected chi connectivity index (χ3v) is 3.82. The van der Waals surface area contributed by atoms with Crippen LogP contribution in [0.25, 0.3) is 0 Å². The first-order valence-electron chi connectivity index (χ1n) is 5.73. The van der Waals surface area contributed by atoms with Crippen LogP contribution in [0.1, 0.15) is 51.7 Å². The summed E-state index contributed by atoms with van der Waals surface area (Å²) >= 11 is 0. The third kappa shape index (κ3) is 3.06. The molecule has 0 unspecified atom stereocenters. The largest absolute Gasteiger partial charge is 0.263 e. The van der Waals surface area contributed by atoms with Crippen LogP contribution >= 0.6 is 0 Å². The number of pyridine rings is 1. The third-order valence-electron chi connectivity index (χ3n) is 2.71. The highest BCUT2D eigenvalue weighted by Gasteiger charge is 2.27. The fraction of sp³-hybridized carbons (Fsp3) is 0.615. The minimum Gasteiger partial charge on any atom is -0.263 e. The summed E-state index contributed by atoms with van der Waals surface area (Å²) in [5.74, 6) is 0.262. The molecule has 17 heavy (non-hydrogen) atoms. The molecule has 0 saturated carbocycles. The van der Waals surface area contributed by atoms with Gasteiger partial charge in [-0.05, 0) is 22.5 Å². The van der Waals surface area contributed by atoms with E-state index in [2.05, 4.69) is 18.8 Å². The smallest absolute Gasteiger partial charge is 0.177 e. The van der Waals surface area contributed by atoms with E-state index in [0.717, 1.165) is 11.1 Å². The van der Waals surface area contributed by atoms with Crippen molar-refractivity contribution in [3.8, 4) is 0 Å². The first kappa shape index (κ1) is 14.2. The van der Waals surface area contributed by atoms with Crippen LogP contribution in [0.15, 0.2) is 17.3 Å². The van der Waals surface area contributed by atoms with Crippen LogP contribution < -0.4 is 0 Å². The summed E-state index contributed by atoms with van der Waals surface area (Å²) in [5.41, 5.74) is 1.70. The Labute approximate surface area is 104 Å². The van der Waals surface area contributed by atoms with Gasteiger partial charge in [0.05, 0.1) is 4.90 Å². The monoisotopic (exact) mass is 255 g/mol. The van der Waals surface area contributed by atoms with Crippen molar-refractivity contribution in [1.82, 2.24) is 4.98 Å². The Morgan fingerprint density at radius 1 is 1.18 bits per heavy atom. The van der Waals surface area contributed by atoms with Crippen molar-refractivity contribution in [2.24, 2.45) is 0 Å². The summed E-state index contributed by atoms with van der Waals surface area (Å²) < 4.78 is 23.7. The fourth-order valence-electron chi connectivity index (χ4n) is 1.98. The van der Waals surface area contributed by atoms with E-state index in [9.17, 15) is 8.42 Å². The molecule has 0 aliphatic rings. The number of rotatable bonds is 2. The first-order chi connectivity index (χ1) is 7.55. The molecule has 0 aromatic carbocycles. The van der Waals surface area contributed by atoms with E-state index >= 15 is 0 Å². The second-order valence-electron chi connectivity index (χ2n) is 5.78. The highest BCUT2D eigenvalue weighted by Crippen LogP contribution is 2.34. The highest BCUT2D eigenvalue weighted by atomic mass is 32.2. The van der Waals surface area contributed by atoms with Crippen molar-refractivity contribution in [2.45, 2.75) is 50.8 Å². The quantitative estimate of drug-likeness (QED) is 0.816. The van der Waals surface area contributed by atoms with Gasteiger partial charge in [-0.3, -0.25) is 4.98 Å². The van der Waals surface area contributed by atoms with Crippen molar-refractivity contribution in [3.05, 3.63) is 23.5 Å². The molecule has 0 N–H and O–H groups in total. The molecule has 1 aromatic heterocycles. The molecule has 0 aliphatic heterocycles. The van der Waals surface area contributed by atoms with Gasteiger partial charge in [-0.15, -0.1) is 0 Å². The van der Waals surface area contributed by atoms with E-state index in [4.69, 9.17) is 0 Å². The fourth-order valence-corrected chi connectivity index (χ4v) is 3.03. The molecule has 1 aromatic rings. The Kier molecular flexibility index (Phi) is 3.67. The first-order valence-corrected chi connectivity index (χ1v) is 7.62. The van der Waals surface area contributed by atoms with E-state index in [0.29, 0.717) is 4.90 Å². The zero-order chi connectivity index (χ0) is 13.4. The van der Waals surface area contributed by atoms with Crippen molar-refractivity contribution in [1.29, 1.82) is 0 Å². The number of nitrogens with zero attached hydrogens (tertiary/aromatic N) is 1. The summed E-state index contributed by atoms with van der Waals surface area (Å²) in [6.45, 7) is 10.2. The van der Waals surface area contributed by atoms with Gasteiger partial charge in [0.25, 0.3) is 0 Å². The van der Waals surface area contributed by atoms with E-state index in [1.165, 1.54) is 12.5 Å². The average Bonchev–Trinajstić information content (AvgIpc) is 2.13. The van der Waals surface area contributed by atoms with Crippen LogP contribution in [0.5, 0.6) is 0 Å². The lowest BCUT2D eigenvalue weighted by atomic mass is 9.82. The Balaban J connectivity index is 3.70. The molecule has 0 amide bonds. The second-order valence-corrected chi connectivity index (χ2v) is 7.76. The standard InChI is InChI=1S/C13H21NO2S/c1-9(2)10-7-14-8-11(17(6,15)16)12(10)13(3,4)5/h7-9H,1-6H3. The van der Waals surface area contributed by atoms with Crippen LogP contribution in [0.4, 0.5) is 0 Å². The summed E-state index contributed by atoms with van der Waals surface area (Å²) in [4.78, 5) is 4.42. The Hall–Kier alpha value is -0.900. The van der Waals surface area contributed by atoms with E-state index in [-0.39, 0.29) is 11.3 Å². The van der Waals surface area contributed by atoms with Gasteiger partial charge < -0.3 is 0 Å². The van der Waals surface area contributed by atoms with Crippen molar-refractivity contribution in [2.75, 3.05) is 6.26 Å². The molecule has 1 rings (SSSR count). The molecule has 0 aliphatic carbocycles. The maximum Gasteiger partial charge on any atom is 0.177 e. The van der Waals surface area contributed by atoms with Crippen molar-refractivity contribution in [3.63, 3.8) is 0 Å². The highest BCUT2D eigenvalue weighted by molar-refractivity contribution is 7.90. The molecule has 4 heteroatoms. The lowest BCUT2D eigenvalue weighted by Crippen LogP contribution is -2.20. The topological polar surface area (TPSA) is 47.0 Å². The Morgan fingerprint density at radius 2 is 1.71 bits per heavy atom. The number of hydrogen-bond acceptors (Lipinski definition) is 3. The maximum atomic E-state index is 11.8. The summed E-state index contributed by atoms with van der Waals surface area (Å²) in [5, 5.41) is 0. The van der Waals surface area contributed by atoms with E-state index in [1.54, 1.807) is 6.20 Å². The molecule has 0 bridgehead atoms. The van der Waals surface area contributed by atoms with Crippen LogP contribution in [0.2, 0.25) is 0 Å². The molecule has 0 fully saturated rings. The van der Waals surface area contributed by atoms with Crippen LogP contribution in [0.3, 0.4) is 0 Å². The zero-order valence-corrected chi connectivity index (χ0v) is 12.2. The van der Waals surface area contributed by atoms with Gasteiger partial charge in [-0.2, -0.15) is 0 Å². The number of aromatic nitrogens is 1. The van der Waals surface area contributed by atoms with Gasteiger partial charge in [-0.25, -0.2) is 8.42 Å². The van der Waals surface area contributed by atoms with Crippen LogP contribution in [-0.4, -0.2) is 19.7 Å². The normalized spacial score (nSPS) is 13.1. The molecule has 3 nitrogen and oxygen atoms in total. The molecule has 1 heterocycles. The van der Waals surface area contributed by atoms with Crippen molar-refractivity contribution < 1.29 is 8.42 Å². The minimum absolute atomic E-state index is 0.207. The molecule has 0 radical (unpaired) electrons. The second kappa shape index (κ2) is 4.41. The van der Waals surface area contributed by atoms with Crippen LogP contribution in [0, 0.1) is 0 Å². The summed E-state index contributed by atoms with van der Waals surface area (Å²) in [6.07, 6.45) is 4.48. The number of sulfone groups is 1. The van der Waals surface area contributed by atoms with Gasteiger partial charge in [0.15, 0.2) is 9.84 Å². The average molecular weight is 255 g/mol. The minimum atomic E-state index is -3.24. The van der Waals surface area contributed by atoms with Crippen LogP contribution in [-0.2, 0) is 15.3 Å². The molecular formula is C13H21NO2S. The number of hydrogen-bond donors (Lipinski definition) is 0. The lowest BCUT2D eigenvalue weighted by Gasteiger charge is -2.26. The molecule has 0 saturated heterocycles. The molecule has 96 valence electrons. The summed E-state index contributed by atoms with van der Waals surface area (Å²) in [6, 6.07) is 0. The van der Waals surface area contributed by atoms with Gasteiger partial charge in [0.1, 0.15) is 0 Å². The SMILES string of the molecule is CC(C)c1cncc(S(C)(=O)=O)c1C(C)(C)C. The Bertz CT molecular complexity index is 511. The van der Waals surface area contributed by atoms with Gasteiger partial charge in [-0.1, -0.05) is 34.6 Å². The maximum absolute atomic E-state index is 11.8. The zero-order valence-electron chi connectivity index (χ0n) is 11.4. The van der Waals surface area contributed by atoms with E-state index < -0.39 is 9.84 Å². The van der Waals surface area contributed by atoms with Gasteiger partial charge >= 0.3 is 0 Å². The molecule has 0 atom stereocenters. The van der Waals surface area contributed by atoms with E-state index in [1.807, 2.05) is 20.8 Å². The van der Waals surface area contributed by atoms with Gasteiger partial charge in [0.2, 0.25) is 0 Å². The van der Waals surface area contributed by atoms with Crippen molar-refractivity contribution >= 4 is 9.84 Å². The molecule has 0 spiro atoms. The predicted molar refractivity (Wildman–Crippen MR) is 70.1 cm³/mol. The Morgan fingerprint density at radius 3 is 2.06 bits per heavy atom.